The van der Waals surface area contributed by atoms with Crippen LogP contribution in [0.25, 0.3) is 10.8 Å². The highest BCUT2D eigenvalue weighted by molar-refractivity contribution is 5.83. The predicted octanol–water partition coefficient (Wildman–Crippen LogP) is 1.89. The first-order chi connectivity index (χ1) is 6.70. The second-order valence-corrected chi connectivity index (χ2v) is 3.22. The lowest BCUT2D eigenvalue weighted by molar-refractivity contribution is 0.599. The lowest BCUT2D eigenvalue weighted by Gasteiger charge is -2.09. The van der Waals surface area contributed by atoms with Crippen LogP contribution in [-0.4, -0.2) is 0 Å². The maximum atomic E-state index is 13.8. The van der Waals surface area contributed by atoms with Gasteiger partial charge in [0.15, 0.2) is 0 Å². The highest BCUT2D eigenvalue weighted by atomic mass is 19.1. The maximum absolute atomic E-state index is 13.8. The van der Waals surface area contributed by atoms with E-state index in [-0.39, 0.29) is 5.82 Å². The van der Waals surface area contributed by atoms with E-state index in [2.05, 4.69) is 0 Å². The molecule has 2 aromatic carbocycles. The van der Waals surface area contributed by atoms with Crippen molar-refractivity contribution >= 4 is 10.8 Å². The summed E-state index contributed by atoms with van der Waals surface area (Å²) in [5.74, 6) is -0.321. The van der Waals surface area contributed by atoms with Crippen LogP contribution in [-0.2, 0) is 0 Å². The van der Waals surface area contributed by atoms with Crippen molar-refractivity contribution in [3.05, 3.63) is 47.8 Å². The van der Waals surface area contributed by atoms with E-state index in [1.807, 2.05) is 18.2 Å². The Morgan fingerprint density at radius 2 is 1.71 bits per heavy atom. The molecule has 2 aromatic rings. The molecule has 4 N–H and O–H groups in total. The zero-order valence-corrected chi connectivity index (χ0v) is 7.57. The molecule has 0 fully saturated rings. The Bertz CT molecular complexity index is 466. The second kappa shape index (κ2) is 3.36. The Hall–Kier alpha value is -1.45. The molecule has 0 saturated heterocycles. The largest absolute Gasteiger partial charge is 0.312 e. The average Bonchev–Trinajstić information content (AvgIpc) is 2.18. The first kappa shape index (κ1) is 9.12. The molecular weight excluding hydrogens is 179 g/mol. The minimum absolute atomic E-state index is 0.321. The number of hydrogen-bond donors (Lipinski definition) is 2. The molecule has 14 heavy (non-hydrogen) atoms. The summed E-state index contributed by atoms with van der Waals surface area (Å²) >= 11 is 0. The van der Waals surface area contributed by atoms with E-state index in [9.17, 15) is 4.39 Å². The van der Waals surface area contributed by atoms with Crippen molar-refractivity contribution in [2.75, 3.05) is 0 Å². The van der Waals surface area contributed by atoms with Crippen LogP contribution in [0.2, 0.25) is 0 Å². The predicted molar refractivity (Wildman–Crippen MR) is 55.0 cm³/mol. The van der Waals surface area contributed by atoms with Crippen molar-refractivity contribution < 1.29 is 4.39 Å². The third-order valence-corrected chi connectivity index (χ3v) is 2.25. The first-order valence-electron chi connectivity index (χ1n) is 4.38. The van der Waals surface area contributed by atoms with Crippen LogP contribution in [0, 0.1) is 5.82 Å². The first-order valence-corrected chi connectivity index (χ1v) is 4.38. The summed E-state index contributed by atoms with van der Waals surface area (Å²) in [6, 6.07) is 10.7. The molecule has 0 radical (unpaired) electrons. The number of halogens is 1. The molecule has 0 aliphatic heterocycles. The quantitative estimate of drug-likeness (QED) is 0.675. The molecule has 0 spiro atoms. The Morgan fingerprint density at radius 3 is 2.43 bits per heavy atom. The van der Waals surface area contributed by atoms with Gasteiger partial charge >= 0.3 is 0 Å². The lowest BCUT2D eigenvalue weighted by Crippen LogP contribution is -2.21. The fourth-order valence-electron chi connectivity index (χ4n) is 1.51. The van der Waals surface area contributed by atoms with Gasteiger partial charge in [-0.15, -0.1) is 0 Å². The molecule has 2 nitrogen and oxygen atoms in total. The van der Waals surface area contributed by atoms with Crippen molar-refractivity contribution in [2.24, 2.45) is 11.5 Å². The fourth-order valence-corrected chi connectivity index (χ4v) is 1.51. The number of benzene rings is 2. The summed E-state index contributed by atoms with van der Waals surface area (Å²) in [6.45, 7) is 0. The van der Waals surface area contributed by atoms with Gasteiger partial charge in [-0.1, -0.05) is 36.4 Å². The highest BCUT2D eigenvalue weighted by Crippen LogP contribution is 2.22. The number of rotatable bonds is 1. The van der Waals surface area contributed by atoms with Crippen LogP contribution in [0.5, 0.6) is 0 Å². The van der Waals surface area contributed by atoms with E-state index in [0.29, 0.717) is 10.9 Å². The van der Waals surface area contributed by atoms with Crippen LogP contribution < -0.4 is 11.5 Å². The van der Waals surface area contributed by atoms with Crippen LogP contribution in [0.1, 0.15) is 11.7 Å². The summed E-state index contributed by atoms with van der Waals surface area (Å²) < 4.78 is 13.8. The van der Waals surface area contributed by atoms with Gasteiger partial charge in [0.1, 0.15) is 5.82 Å². The van der Waals surface area contributed by atoms with Crippen molar-refractivity contribution in [3.63, 3.8) is 0 Å². The Morgan fingerprint density at radius 1 is 1.00 bits per heavy atom. The molecule has 0 bridgehead atoms. The summed E-state index contributed by atoms with van der Waals surface area (Å²) in [4.78, 5) is 0. The number of nitrogens with two attached hydrogens (primary N) is 2. The van der Waals surface area contributed by atoms with Crippen LogP contribution >= 0.6 is 0 Å². The van der Waals surface area contributed by atoms with Crippen molar-refractivity contribution in [3.8, 4) is 0 Å². The molecule has 0 aliphatic carbocycles. The van der Waals surface area contributed by atoms with Gasteiger partial charge < -0.3 is 11.5 Å². The minimum atomic E-state index is -0.764. The zero-order valence-electron chi connectivity index (χ0n) is 7.57. The van der Waals surface area contributed by atoms with E-state index < -0.39 is 6.17 Å². The Kier molecular flexibility index (Phi) is 2.19. The van der Waals surface area contributed by atoms with Gasteiger partial charge in [0, 0.05) is 10.9 Å². The van der Waals surface area contributed by atoms with Crippen molar-refractivity contribution in [2.45, 2.75) is 6.17 Å². The van der Waals surface area contributed by atoms with Crippen molar-refractivity contribution in [1.82, 2.24) is 0 Å². The van der Waals surface area contributed by atoms with Gasteiger partial charge in [-0.3, -0.25) is 0 Å². The monoisotopic (exact) mass is 190 g/mol. The van der Waals surface area contributed by atoms with Gasteiger partial charge in [-0.05, 0) is 5.39 Å². The van der Waals surface area contributed by atoms with E-state index in [4.69, 9.17) is 11.5 Å². The van der Waals surface area contributed by atoms with Gasteiger partial charge in [-0.2, -0.15) is 0 Å². The van der Waals surface area contributed by atoms with E-state index in [0.717, 1.165) is 5.39 Å². The number of hydrogen-bond acceptors (Lipinski definition) is 2. The Labute approximate surface area is 81.3 Å². The van der Waals surface area contributed by atoms with Crippen LogP contribution in [0.3, 0.4) is 0 Å². The smallest absolute Gasteiger partial charge is 0.137 e. The molecular formula is C11H11FN2. The van der Waals surface area contributed by atoms with Gasteiger partial charge in [0.25, 0.3) is 0 Å². The summed E-state index contributed by atoms with van der Waals surface area (Å²) in [5, 5.41) is 1.42. The fraction of sp³-hybridized carbons (Fsp3) is 0.0909. The van der Waals surface area contributed by atoms with Gasteiger partial charge in [0.05, 0.1) is 6.17 Å². The van der Waals surface area contributed by atoms with Gasteiger partial charge in [0.2, 0.25) is 0 Å². The minimum Gasteiger partial charge on any atom is -0.312 e. The van der Waals surface area contributed by atoms with Gasteiger partial charge in [-0.25, -0.2) is 4.39 Å². The molecule has 0 unspecified atom stereocenters. The normalized spacial score (nSPS) is 11.1. The standard InChI is InChI=1S/C11H11FN2/c12-10-8-4-2-1-3-7(8)5-6-9(10)11(13)14/h1-6,11H,13-14H2. The molecule has 2 rings (SSSR count). The lowest BCUT2D eigenvalue weighted by atomic mass is 10.0. The molecule has 0 heterocycles. The third-order valence-electron chi connectivity index (χ3n) is 2.25. The molecule has 0 saturated carbocycles. The third kappa shape index (κ3) is 1.36. The van der Waals surface area contributed by atoms with E-state index in [1.165, 1.54) is 0 Å². The van der Waals surface area contributed by atoms with Crippen molar-refractivity contribution in [1.29, 1.82) is 0 Å². The molecule has 72 valence electrons. The molecule has 0 atom stereocenters. The molecule has 0 aromatic heterocycles. The molecule has 3 heteroatoms. The van der Waals surface area contributed by atoms with E-state index >= 15 is 0 Å². The SMILES string of the molecule is NC(N)c1ccc2ccccc2c1F. The highest BCUT2D eigenvalue weighted by Gasteiger charge is 2.09. The number of fused-ring (bicyclic) bond motifs is 1. The maximum Gasteiger partial charge on any atom is 0.137 e. The zero-order chi connectivity index (χ0) is 10.1. The van der Waals surface area contributed by atoms with Crippen LogP contribution in [0.4, 0.5) is 4.39 Å². The summed E-state index contributed by atoms with van der Waals surface area (Å²) in [6.07, 6.45) is -0.764. The Balaban J connectivity index is 2.75. The van der Waals surface area contributed by atoms with Crippen LogP contribution in [0.15, 0.2) is 36.4 Å². The molecule has 0 aliphatic rings. The second-order valence-electron chi connectivity index (χ2n) is 3.22. The summed E-state index contributed by atoms with van der Waals surface area (Å²) in [5.41, 5.74) is 11.2. The molecule has 0 amide bonds. The summed E-state index contributed by atoms with van der Waals surface area (Å²) in [7, 11) is 0. The average molecular weight is 190 g/mol. The topological polar surface area (TPSA) is 52.0 Å². The van der Waals surface area contributed by atoms with E-state index in [1.54, 1.807) is 18.2 Å².